The first-order valence-electron chi connectivity index (χ1n) is 13.7. The SMILES string of the molecule is COC[C@H]1CCCN1CC1=NSC(Nc2nc(C)cn3c(-c4cnn(CC(=O)Nc5cccc(F)c5F)c4)cnc23)C1. The number of hydrogen-bond acceptors (Lipinski definition) is 9. The molecule has 1 amide bonds. The van der Waals surface area contributed by atoms with E-state index in [4.69, 9.17) is 14.1 Å². The third-order valence-electron chi connectivity index (χ3n) is 7.34. The number of halogens is 2. The van der Waals surface area contributed by atoms with Crippen molar-refractivity contribution in [1.82, 2.24) is 29.0 Å². The number of aryl methyl sites for hydroxylation is 1. The van der Waals surface area contributed by atoms with Crippen LogP contribution < -0.4 is 10.6 Å². The number of likely N-dealkylation sites (tertiary alicyclic amines) is 1. The Balaban J connectivity index is 1.12. The van der Waals surface area contributed by atoms with Crippen molar-refractivity contribution < 1.29 is 18.3 Å². The Morgan fingerprint density at radius 3 is 2.98 bits per heavy atom. The number of methoxy groups -OCH3 is 1. The lowest BCUT2D eigenvalue weighted by Gasteiger charge is -2.23. The molecule has 2 aliphatic rings. The van der Waals surface area contributed by atoms with Crippen LogP contribution in [0, 0.1) is 18.6 Å². The molecule has 4 aromatic rings. The van der Waals surface area contributed by atoms with Crippen molar-refractivity contribution in [3.8, 4) is 11.3 Å². The number of rotatable bonds is 10. The van der Waals surface area contributed by atoms with Crippen LogP contribution in [0.4, 0.5) is 20.3 Å². The van der Waals surface area contributed by atoms with Crippen molar-refractivity contribution in [3.63, 3.8) is 0 Å². The van der Waals surface area contributed by atoms with Gasteiger partial charge >= 0.3 is 0 Å². The number of anilines is 2. The number of nitrogens with zero attached hydrogens (tertiary/aromatic N) is 7. The highest BCUT2D eigenvalue weighted by Gasteiger charge is 2.29. The van der Waals surface area contributed by atoms with Crippen LogP contribution >= 0.6 is 11.9 Å². The fraction of sp³-hybridized carbons (Fsp3) is 0.393. The van der Waals surface area contributed by atoms with Crippen LogP contribution in [0.2, 0.25) is 0 Å². The van der Waals surface area contributed by atoms with E-state index in [0.29, 0.717) is 17.5 Å². The summed E-state index contributed by atoms with van der Waals surface area (Å²) in [6, 6.07) is 4.07. The number of carbonyl (C=O) groups excluding carboxylic acids is 1. The monoisotopic (exact) mass is 595 g/mol. The van der Waals surface area contributed by atoms with Crippen molar-refractivity contribution >= 4 is 40.7 Å². The van der Waals surface area contributed by atoms with Crippen LogP contribution in [0.15, 0.2) is 47.4 Å². The van der Waals surface area contributed by atoms with E-state index in [0.717, 1.165) is 61.3 Å². The number of benzene rings is 1. The smallest absolute Gasteiger partial charge is 0.246 e. The third kappa shape index (κ3) is 6.01. The Hall–Kier alpha value is -3.88. The Morgan fingerprint density at radius 2 is 2.12 bits per heavy atom. The number of nitrogens with one attached hydrogen (secondary N) is 2. The highest BCUT2D eigenvalue weighted by Crippen LogP contribution is 2.30. The van der Waals surface area contributed by atoms with E-state index in [1.165, 1.54) is 35.2 Å². The third-order valence-corrected chi connectivity index (χ3v) is 8.25. The Kier molecular flexibility index (Phi) is 8.18. The molecule has 1 unspecified atom stereocenters. The second-order valence-corrected chi connectivity index (χ2v) is 11.4. The summed E-state index contributed by atoms with van der Waals surface area (Å²) in [7, 11) is 1.75. The molecule has 2 aliphatic heterocycles. The minimum atomic E-state index is -1.10. The van der Waals surface area contributed by atoms with Gasteiger partial charge in [-0.15, -0.1) is 0 Å². The molecule has 3 aromatic heterocycles. The number of fused-ring (bicyclic) bond motifs is 1. The van der Waals surface area contributed by atoms with Crippen molar-refractivity contribution in [3.05, 3.63) is 60.3 Å². The minimum absolute atomic E-state index is 0.0471. The summed E-state index contributed by atoms with van der Waals surface area (Å²) in [5.74, 6) is -2.00. The molecule has 1 aromatic carbocycles. The van der Waals surface area contributed by atoms with E-state index in [2.05, 4.69) is 25.6 Å². The first-order chi connectivity index (χ1) is 20.4. The van der Waals surface area contributed by atoms with Crippen LogP contribution in [0.5, 0.6) is 0 Å². The van der Waals surface area contributed by atoms with Crippen molar-refractivity contribution in [2.75, 3.05) is 37.4 Å². The normalized spacial score (nSPS) is 19.0. The van der Waals surface area contributed by atoms with Gasteiger partial charge in [-0.3, -0.25) is 18.8 Å². The van der Waals surface area contributed by atoms with Gasteiger partial charge in [0.25, 0.3) is 0 Å². The van der Waals surface area contributed by atoms with Gasteiger partial charge in [-0.1, -0.05) is 6.07 Å². The van der Waals surface area contributed by atoms with Gasteiger partial charge < -0.3 is 15.4 Å². The molecule has 11 nitrogen and oxygen atoms in total. The second kappa shape index (κ2) is 12.2. The maximum Gasteiger partial charge on any atom is 0.246 e. The lowest BCUT2D eigenvalue weighted by Crippen LogP contribution is -2.37. The van der Waals surface area contributed by atoms with Crippen LogP contribution in [0.3, 0.4) is 0 Å². The topological polar surface area (TPSA) is 114 Å². The molecule has 0 aliphatic carbocycles. The summed E-state index contributed by atoms with van der Waals surface area (Å²) in [6.07, 6.45) is 10.1. The van der Waals surface area contributed by atoms with Gasteiger partial charge in [0.1, 0.15) is 11.9 Å². The van der Waals surface area contributed by atoms with Crippen molar-refractivity contribution in [1.29, 1.82) is 0 Å². The van der Waals surface area contributed by atoms with E-state index in [1.807, 2.05) is 17.5 Å². The standard InChI is InChI=1S/C28H31F2N9O2S/c1-17-12-39-23(18-10-32-38(13-18)15-24(40)34-22-7-3-6-21(29)26(22)30)11-31-28(39)27(33-17)35-25-9-19(36-42-25)14-37-8-4-5-20(37)16-41-2/h3,6-7,10-13,20,25H,4-5,8-9,14-16H2,1-2H3,(H,33,35)(H,34,40)/t20-,25?/m1/s1. The molecule has 0 radical (unpaired) electrons. The number of aromatic nitrogens is 5. The van der Waals surface area contributed by atoms with Crippen LogP contribution in [0.25, 0.3) is 16.9 Å². The number of amides is 1. The maximum atomic E-state index is 13.9. The summed E-state index contributed by atoms with van der Waals surface area (Å²) in [6.45, 7) is 4.41. The lowest BCUT2D eigenvalue weighted by molar-refractivity contribution is -0.116. The van der Waals surface area contributed by atoms with Gasteiger partial charge in [0.05, 0.1) is 36.1 Å². The zero-order valence-electron chi connectivity index (χ0n) is 23.3. The molecule has 1 fully saturated rings. The van der Waals surface area contributed by atoms with Gasteiger partial charge in [-0.25, -0.2) is 23.1 Å². The maximum absolute atomic E-state index is 13.9. The molecule has 1 saturated heterocycles. The Morgan fingerprint density at radius 1 is 1.24 bits per heavy atom. The lowest BCUT2D eigenvalue weighted by atomic mass is 10.2. The predicted octanol–water partition coefficient (Wildman–Crippen LogP) is 4.16. The largest absolute Gasteiger partial charge is 0.383 e. The molecule has 2 atom stereocenters. The fourth-order valence-electron chi connectivity index (χ4n) is 5.41. The van der Waals surface area contributed by atoms with E-state index < -0.39 is 17.5 Å². The van der Waals surface area contributed by atoms with E-state index >= 15 is 0 Å². The van der Waals surface area contributed by atoms with Crippen LogP contribution in [0.1, 0.15) is 25.0 Å². The van der Waals surface area contributed by atoms with Gasteiger partial charge in [0.15, 0.2) is 23.1 Å². The minimum Gasteiger partial charge on any atom is -0.383 e. The first kappa shape index (κ1) is 28.2. The van der Waals surface area contributed by atoms with Crippen LogP contribution in [-0.4, -0.2) is 78.9 Å². The Labute approximate surface area is 245 Å². The number of ether oxygens (including phenoxy) is 1. The van der Waals surface area contributed by atoms with E-state index in [-0.39, 0.29) is 17.6 Å². The van der Waals surface area contributed by atoms with Crippen molar-refractivity contribution in [2.45, 2.75) is 44.1 Å². The summed E-state index contributed by atoms with van der Waals surface area (Å²) in [5.41, 5.74) is 3.91. The summed E-state index contributed by atoms with van der Waals surface area (Å²) in [5, 5.41) is 10.2. The number of hydrogen-bond donors (Lipinski definition) is 2. The molecule has 6 rings (SSSR count). The molecule has 2 N–H and O–H groups in total. The van der Waals surface area contributed by atoms with Gasteiger partial charge in [0.2, 0.25) is 5.91 Å². The average Bonchev–Trinajstić information content (AvgIpc) is 3.76. The second-order valence-electron chi connectivity index (χ2n) is 10.5. The van der Waals surface area contributed by atoms with Crippen molar-refractivity contribution in [2.24, 2.45) is 4.40 Å². The predicted molar refractivity (Wildman–Crippen MR) is 157 cm³/mol. The molecule has 5 heterocycles. The molecular formula is C28H31F2N9O2S. The quantitative estimate of drug-likeness (QED) is 0.263. The first-order valence-corrected chi connectivity index (χ1v) is 14.5. The molecule has 0 spiro atoms. The molecule has 0 bridgehead atoms. The van der Waals surface area contributed by atoms with Crippen LogP contribution in [-0.2, 0) is 16.1 Å². The summed E-state index contributed by atoms with van der Waals surface area (Å²) in [4.78, 5) is 24.3. The summed E-state index contributed by atoms with van der Waals surface area (Å²) < 4.78 is 40.9. The average molecular weight is 596 g/mol. The summed E-state index contributed by atoms with van der Waals surface area (Å²) >= 11 is 1.52. The van der Waals surface area contributed by atoms with E-state index in [1.54, 1.807) is 25.7 Å². The van der Waals surface area contributed by atoms with E-state index in [9.17, 15) is 13.6 Å². The highest BCUT2D eigenvalue weighted by atomic mass is 32.2. The van der Waals surface area contributed by atoms with Gasteiger partial charge in [-0.05, 0) is 50.4 Å². The number of imidazole rings is 1. The zero-order valence-corrected chi connectivity index (χ0v) is 24.1. The molecule has 0 saturated carbocycles. The Bertz CT molecular complexity index is 1640. The molecular weight excluding hydrogens is 564 g/mol. The molecule has 220 valence electrons. The zero-order chi connectivity index (χ0) is 29.2. The fourth-order valence-corrected chi connectivity index (χ4v) is 6.25. The molecule has 14 heteroatoms. The molecule has 42 heavy (non-hydrogen) atoms. The van der Waals surface area contributed by atoms with Gasteiger partial charge in [-0.2, -0.15) is 5.10 Å². The number of carbonyl (C=O) groups is 1. The highest BCUT2D eigenvalue weighted by molar-refractivity contribution is 7.99. The van der Waals surface area contributed by atoms with Gasteiger partial charge in [0, 0.05) is 49.8 Å².